The van der Waals surface area contributed by atoms with Crippen molar-refractivity contribution in [1.29, 1.82) is 0 Å². The van der Waals surface area contributed by atoms with Crippen molar-refractivity contribution in [3.63, 3.8) is 0 Å². The smallest absolute Gasteiger partial charge is 0.504 e. The van der Waals surface area contributed by atoms with Gasteiger partial charge in [0, 0.05) is 0 Å². The van der Waals surface area contributed by atoms with Gasteiger partial charge in [0.1, 0.15) is 0 Å². The van der Waals surface area contributed by atoms with Crippen molar-refractivity contribution in [3.05, 3.63) is 23.8 Å². The van der Waals surface area contributed by atoms with Gasteiger partial charge in [-0.05, 0) is 18.2 Å². The van der Waals surface area contributed by atoms with Crippen molar-refractivity contribution in [2.45, 2.75) is 0 Å². The number of phenolic OH excluding ortho intramolecular Hbond substituents is 1. The van der Waals surface area contributed by atoms with Gasteiger partial charge in [-0.3, -0.25) is 0 Å². The standard InChI is InChI=1S/C9H8O6/c1-14-9(13)15-7-4-5(8(11)12)2-3-6(7)10/h2-4,10H,1H3,(H,11,12). The molecule has 0 heterocycles. The first-order chi connectivity index (χ1) is 7.04. The van der Waals surface area contributed by atoms with E-state index in [-0.39, 0.29) is 17.1 Å². The van der Waals surface area contributed by atoms with Gasteiger partial charge in [0.2, 0.25) is 0 Å². The van der Waals surface area contributed by atoms with E-state index in [1.807, 2.05) is 0 Å². The quantitative estimate of drug-likeness (QED) is 0.565. The number of carbonyl (C=O) groups excluding carboxylic acids is 1. The number of hydrogen-bond acceptors (Lipinski definition) is 5. The highest BCUT2D eigenvalue weighted by Gasteiger charge is 2.12. The molecule has 0 aliphatic rings. The van der Waals surface area contributed by atoms with Crippen LogP contribution in [0, 0.1) is 0 Å². The molecule has 0 saturated heterocycles. The number of benzene rings is 1. The molecule has 0 unspecified atom stereocenters. The van der Waals surface area contributed by atoms with Gasteiger partial charge in [-0.1, -0.05) is 0 Å². The highest BCUT2D eigenvalue weighted by Crippen LogP contribution is 2.27. The zero-order valence-electron chi connectivity index (χ0n) is 7.76. The van der Waals surface area contributed by atoms with E-state index < -0.39 is 12.1 Å². The average Bonchev–Trinajstić information content (AvgIpc) is 2.20. The molecule has 0 aromatic heterocycles. The molecule has 1 rings (SSSR count). The van der Waals surface area contributed by atoms with Gasteiger partial charge in [-0.25, -0.2) is 9.59 Å². The van der Waals surface area contributed by atoms with Gasteiger partial charge in [0.15, 0.2) is 11.5 Å². The number of aromatic carboxylic acids is 1. The monoisotopic (exact) mass is 212 g/mol. The predicted molar refractivity (Wildman–Crippen MR) is 48.1 cm³/mol. The Hall–Kier alpha value is -2.24. The summed E-state index contributed by atoms with van der Waals surface area (Å²) in [6, 6.07) is 3.32. The molecule has 0 bridgehead atoms. The fourth-order valence-corrected chi connectivity index (χ4v) is 0.860. The first-order valence-corrected chi connectivity index (χ1v) is 3.86. The number of carboxylic acid groups (broad SMARTS) is 1. The van der Waals surface area contributed by atoms with E-state index in [2.05, 4.69) is 9.47 Å². The Morgan fingerprint density at radius 3 is 2.53 bits per heavy atom. The van der Waals surface area contributed by atoms with Crippen molar-refractivity contribution < 1.29 is 29.3 Å². The SMILES string of the molecule is COC(=O)Oc1cc(C(=O)O)ccc1O. The van der Waals surface area contributed by atoms with E-state index in [1.54, 1.807) is 0 Å². The molecule has 80 valence electrons. The number of methoxy groups -OCH3 is 1. The molecule has 0 atom stereocenters. The van der Waals surface area contributed by atoms with Gasteiger partial charge in [-0.15, -0.1) is 0 Å². The van der Waals surface area contributed by atoms with Gasteiger partial charge in [0.05, 0.1) is 12.7 Å². The van der Waals surface area contributed by atoms with E-state index in [9.17, 15) is 14.7 Å². The van der Waals surface area contributed by atoms with Crippen molar-refractivity contribution >= 4 is 12.1 Å². The fraction of sp³-hybridized carbons (Fsp3) is 0.111. The molecule has 0 aliphatic carbocycles. The Kier molecular flexibility index (Phi) is 3.12. The van der Waals surface area contributed by atoms with Crippen LogP contribution in [0.25, 0.3) is 0 Å². The summed E-state index contributed by atoms with van der Waals surface area (Å²) in [6.07, 6.45) is -1.03. The van der Waals surface area contributed by atoms with Gasteiger partial charge in [0.25, 0.3) is 0 Å². The zero-order chi connectivity index (χ0) is 11.4. The Bertz CT molecular complexity index is 398. The molecule has 0 spiro atoms. The number of carbonyl (C=O) groups is 2. The van der Waals surface area contributed by atoms with E-state index in [0.29, 0.717) is 0 Å². The number of phenols is 1. The Morgan fingerprint density at radius 2 is 2.00 bits per heavy atom. The van der Waals surface area contributed by atoms with E-state index in [0.717, 1.165) is 19.2 Å². The maximum absolute atomic E-state index is 10.7. The van der Waals surface area contributed by atoms with Crippen LogP contribution < -0.4 is 4.74 Å². The van der Waals surface area contributed by atoms with Crippen LogP contribution in [0.4, 0.5) is 4.79 Å². The highest BCUT2D eigenvalue weighted by molar-refractivity contribution is 5.88. The molecular weight excluding hydrogens is 204 g/mol. The minimum atomic E-state index is -1.19. The van der Waals surface area contributed by atoms with Crippen molar-refractivity contribution in [1.82, 2.24) is 0 Å². The lowest BCUT2D eigenvalue weighted by Gasteiger charge is -2.05. The van der Waals surface area contributed by atoms with E-state index >= 15 is 0 Å². The molecule has 0 radical (unpaired) electrons. The maximum atomic E-state index is 10.7. The number of ether oxygens (including phenoxy) is 2. The molecule has 1 aromatic carbocycles. The Balaban J connectivity index is 3.00. The summed E-state index contributed by atoms with van der Waals surface area (Å²) in [5, 5.41) is 17.9. The second-order valence-electron chi connectivity index (χ2n) is 2.54. The number of hydrogen-bond donors (Lipinski definition) is 2. The van der Waals surface area contributed by atoms with Crippen LogP contribution in [0.15, 0.2) is 18.2 Å². The molecular formula is C9H8O6. The lowest BCUT2D eigenvalue weighted by Crippen LogP contribution is -2.08. The molecule has 0 aliphatic heterocycles. The van der Waals surface area contributed by atoms with Crippen molar-refractivity contribution in [3.8, 4) is 11.5 Å². The average molecular weight is 212 g/mol. The van der Waals surface area contributed by atoms with Crippen molar-refractivity contribution in [2.24, 2.45) is 0 Å². The lowest BCUT2D eigenvalue weighted by molar-refractivity contribution is 0.0695. The van der Waals surface area contributed by atoms with Crippen LogP contribution in [-0.2, 0) is 4.74 Å². The second kappa shape index (κ2) is 4.32. The van der Waals surface area contributed by atoms with Gasteiger partial charge in [-0.2, -0.15) is 0 Å². The third-order valence-electron chi connectivity index (χ3n) is 1.57. The van der Waals surface area contributed by atoms with Crippen molar-refractivity contribution in [2.75, 3.05) is 7.11 Å². The zero-order valence-corrected chi connectivity index (χ0v) is 7.76. The van der Waals surface area contributed by atoms with Gasteiger partial charge >= 0.3 is 12.1 Å². The van der Waals surface area contributed by atoms with E-state index in [1.165, 1.54) is 6.07 Å². The molecule has 0 fully saturated rings. The minimum absolute atomic E-state index is 0.105. The molecule has 15 heavy (non-hydrogen) atoms. The van der Waals surface area contributed by atoms with Crippen LogP contribution in [-0.4, -0.2) is 29.4 Å². The summed E-state index contributed by atoms with van der Waals surface area (Å²) in [5.41, 5.74) is -0.105. The Labute approximate surface area is 84.7 Å². The van der Waals surface area contributed by atoms with Crippen LogP contribution in [0.3, 0.4) is 0 Å². The largest absolute Gasteiger partial charge is 0.513 e. The molecule has 1 aromatic rings. The number of aromatic hydroxyl groups is 1. The van der Waals surface area contributed by atoms with Crippen LogP contribution in [0.2, 0.25) is 0 Å². The topological polar surface area (TPSA) is 93.1 Å². The molecule has 6 nitrogen and oxygen atoms in total. The number of carboxylic acids is 1. The summed E-state index contributed by atoms with van der Waals surface area (Å²) in [4.78, 5) is 21.3. The van der Waals surface area contributed by atoms with Crippen LogP contribution >= 0.6 is 0 Å². The molecule has 2 N–H and O–H groups in total. The second-order valence-corrected chi connectivity index (χ2v) is 2.54. The summed E-state index contributed by atoms with van der Waals surface area (Å²) in [6.45, 7) is 0. The molecule has 0 amide bonds. The van der Waals surface area contributed by atoms with E-state index in [4.69, 9.17) is 5.11 Å². The summed E-state index contributed by atoms with van der Waals surface area (Å²) >= 11 is 0. The summed E-state index contributed by atoms with van der Waals surface area (Å²) in [5.74, 6) is -1.79. The molecule has 6 heteroatoms. The third kappa shape index (κ3) is 2.60. The predicted octanol–water partition coefficient (Wildman–Crippen LogP) is 1.24. The highest BCUT2D eigenvalue weighted by atomic mass is 16.7. The molecule has 0 saturated carbocycles. The summed E-state index contributed by atoms with van der Waals surface area (Å²) < 4.78 is 8.70. The van der Waals surface area contributed by atoms with Crippen LogP contribution in [0.5, 0.6) is 11.5 Å². The Morgan fingerprint density at radius 1 is 1.33 bits per heavy atom. The van der Waals surface area contributed by atoms with Gasteiger partial charge < -0.3 is 19.7 Å². The normalized spacial score (nSPS) is 9.40. The lowest BCUT2D eigenvalue weighted by atomic mass is 10.2. The fourth-order valence-electron chi connectivity index (χ4n) is 0.860. The summed E-state index contributed by atoms with van der Waals surface area (Å²) in [7, 11) is 1.10. The van der Waals surface area contributed by atoms with Crippen LogP contribution in [0.1, 0.15) is 10.4 Å². The maximum Gasteiger partial charge on any atom is 0.513 e. The number of rotatable bonds is 2. The third-order valence-corrected chi connectivity index (χ3v) is 1.57. The first kappa shape index (κ1) is 10.8. The first-order valence-electron chi connectivity index (χ1n) is 3.86. The minimum Gasteiger partial charge on any atom is -0.504 e.